The minimum Gasteiger partial charge on any atom is -0.357 e. The summed E-state index contributed by atoms with van der Waals surface area (Å²) in [6.45, 7) is 7.42. The van der Waals surface area contributed by atoms with Crippen LogP contribution in [0.5, 0.6) is 0 Å². The first-order valence-electron chi connectivity index (χ1n) is 8.19. The van der Waals surface area contributed by atoms with Gasteiger partial charge in [0, 0.05) is 26.2 Å². The molecule has 6 nitrogen and oxygen atoms in total. The van der Waals surface area contributed by atoms with Crippen LogP contribution < -0.4 is 10.6 Å². The SMILES string of the molecule is CCNC(=NCc1ccc(S(=O)(=O)N2CCCC2)cc1)NCC. The van der Waals surface area contributed by atoms with E-state index in [9.17, 15) is 8.42 Å². The number of sulfonamides is 1. The van der Waals surface area contributed by atoms with Crippen LogP contribution in [0.4, 0.5) is 0 Å². The first-order chi connectivity index (χ1) is 11.1. The van der Waals surface area contributed by atoms with Gasteiger partial charge in [0.15, 0.2) is 5.96 Å². The Labute approximate surface area is 139 Å². The summed E-state index contributed by atoms with van der Waals surface area (Å²) in [5.74, 6) is 0.767. The molecule has 1 saturated heterocycles. The van der Waals surface area contributed by atoms with E-state index < -0.39 is 10.0 Å². The number of guanidine groups is 1. The van der Waals surface area contributed by atoms with Gasteiger partial charge < -0.3 is 10.6 Å². The van der Waals surface area contributed by atoms with Crippen LogP contribution in [-0.2, 0) is 16.6 Å². The lowest BCUT2D eigenvalue weighted by Gasteiger charge is -2.15. The van der Waals surface area contributed by atoms with E-state index in [1.165, 1.54) is 0 Å². The Kier molecular flexibility index (Phi) is 6.41. The molecule has 0 aromatic heterocycles. The smallest absolute Gasteiger partial charge is 0.243 e. The van der Waals surface area contributed by atoms with Crippen LogP contribution in [0, 0.1) is 0 Å². The standard InChI is InChI=1S/C16H26N4O2S/c1-3-17-16(18-4-2)19-13-14-7-9-15(10-8-14)23(21,22)20-11-5-6-12-20/h7-10H,3-6,11-13H2,1-2H3,(H2,17,18,19). The van der Waals surface area contributed by atoms with E-state index in [1.807, 2.05) is 26.0 Å². The minimum absolute atomic E-state index is 0.366. The molecule has 1 aliphatic heterocycles. The normalized spacial score (nSPS) is 15.4. The number of nitrogens with one attached hydrogen (secondary N) is 2. The van der Waals surface area contributed by atoms with Gasteiger partial charge in [-0.05, 0) is 44.4 Å². The summed E-state index contributed by atoms with van der Waals surface area (Å²) in [4.78, 5) is 4.84. The third-order valence-corrected chi connectivity index (χ3v) is 5.65. The number of hydrogen-bond acceptors (Lipinski definition) is 3. The molecule has 1 heterocycles. The fraction of sp³-hybridized carbons (Fsp3) is 0.562. The molecular formula is C16H26N4O2S. The highest BCUT2D eigenvalue weighted by molar-refractivity contribution is 7.89. The fourth-order valence-corrected chi connectivity index (χ4v) is 4.04. The lowest BCUT2D eigenvalue weighted by Crippen LogP contribution is -2.36. The highest BCUT2D eigenvalue weighted by atomic mass is 32.2. The van der Waals surface area contributed by atoms with Crippen molar-refractivity contribution in [1.82, 2.24) is 14.9 Å². The molecule has 1 aromatic rings. The molecule has 2 rings (SSSR count). The van der Waals surface area contributed by atoms with Crippen molar-refractivity contribution in [1.29, 1.82) is 0 Å². The van der Waals surface area contributed by atoms with Crippen molar-refractivity contribution in [3.05, 3.63) is 29.8 Å². The van der Waals surface area contributed by atoms with Crippen LogP contribution >= 0.6 is 0 Å². The average Bonchev–Trinajstić information content (AvgIpc) is 3.09. The van der Waals surface area contributed by atoms with Crippen molar-refractivity contribution in [3.63, 3.8) is 0 Å². The number of rotatable bonds is 6. The average molecular weight is 338 g/mol. The molecule has 1 fully saturated rings. The molecule has 0 unspecified atom stereocenters. The summed E-state index contributed by atoms with van der Waals surface area (Å²) < 4.78 is 26.5. The highest BCUT2D eigenvalue weighted by Crippen LogP contribution is 2.21. The molecular weight excluding hydrogens is 312 g/mol. The lowest BCUT2D eigenvalue weighted by molar-refractivity contribution is 0.477. The van der Waals surface area contributed by atoms with Crippen molar-refractivity contribution >= 4 is 16.0 Å². The summed E-state index contributed by atoms with van der Waals surface area (Å²) in [5.41, 5.74) is 0.985. The van der Waals surface area contributed by atoms with Crippen LogP contribution in [0.2, 0.25) is 0 Å². The van der Waals surface area contributed by atoms with Gasteiger partial charge in [-0.15, -0.1) is 0 Å². The van der Waals surface area contributed by atoms with E-state index in [1.54, 1.807) is 16.4 Å². The highest BCUT2D eigenvalue weighted by Gasteiger charge is 2.26. The van der Waals surface area contributed by atoms with Crippen molar-refractivity contribution in [2.45, 2.75) is 38.1 Å². The van der Waals surface area contributed by atoms with Crippen molar-refractivity contribution < 1.29 is 8.42 Å². The molecule has 2 N–H and O–H groups in total. The number of aliphatic imine (C=N–C) groups is 1. The van der Waals surface area contributed by atoms with Crippen LogP contribution in [-0.4, -0.2) is 44.9 Å². The van der Waals surface area contributed by atoms with Crippen LogP contribution in [0.15, 0.2) is 34.2 Å². The lowest BCUT2D eigenvalue weighted by atomic mass is 10.2. The second-order valence-corrected chi connectivity index (χ2v) is 7.42. The zero-order valence-electron chi connectivity index (χ0n) is 13.9. The summed E-state index contributed by atoms with van der Waals surface area (Å²) in [6, 6.07) is 7.03. The largest absolute Gasteiger partial charge is 0.357 e. The molecule has 7 heteroatoms. The minimum atomic E-state index is -3.33. The second-order valence-electron chi connectivity index (χ2n) is 5.48. The summed E-state index contributed by atoms with van der Waals surface area (Å²) >= 11 is 0. The van der Waals surface area contributed by atoms with Gasteiger partial charge in [0.1, 0.15) is 0 Å². The summed E-state index contributed by atoms with van der Waals surface area (Å²) in [7, 11) is -3.33. The van der Waals surface area contributed by atoms with E-state index in [0.717, 1.165) is 37.5 Å². The van der Waals surface area contributed by atoms with E-state index in [2.05, 4.69) is 15.6 Å². The zero-order chi connectivity index (χ0) is 16.7. The monoisotopic (exact) mass is 338 g/mol. The van der Waals surface area contributed by atoms with Crippen LogP contribution in [0.3, 0.4) is 0 Å². The third kappa shape index (κ3) is 4.68. The Morgan fingerprint density at radius 3 is 2.17 bits per heavy atom. The Bertz CT molecular complexity index is 612. The van der Waals surface area contributed by atoms with Gasteiger partial charge in [-0.25, -0.2) is 13.4 Å². The molecule has 0 bridgehead atoms. The van der Waals surface area contributed by atoms with Gasteiger partial charge in [-0.3, -0.25) is 0 Å². The molecule has 128 valence electrons. The van der Waals surface area contributed by atoms with Gasteiger partial charge in [0.25, 0.3) is 0 Å². The van der Waals surface area contributed by atoms with E-state index in [-0.39, 0.29) is 0 Å². The van der Waals surface area contributed by atoms with Crippen molar-refractivity contribution in [3.8, 4) is 0 Å². The quantitative estimate of drug-likeness (QED) is 0.610. The first-order valence-corrected chi connectivity index (χ1v) is 9.63. The van der Waals surface area contributed by atoms with Gasteiger partial charge in [0.05, 0.1) is 11.4 Å². The first kappa shape index (κ1) is 17.7. The molecule has 1 aliphatic rings. The van der Waals surface area contributed by atoms with Crippen LogP contribution in [0.1, 0.15) is 32.3 Å². The molecule has 0 radical (unpaired) electrons. The molecule has 0 spiro atoms. The molecule has 0 saturated carbocycles. The molecule has 23 heavy (non-hydrogen) atoms. The zero-order valence-corrected chi connectivity index (χ0v) is 14.7. The van der Waals surface area contributed by atoms with E-state index >= 15 is 0 Å². The van der Waals surface area contributed by atoms with Crippen LogP contribution in [0.25, 0.3) is 0 Å². The van der Waals surface area contributed by atoms with Gasteiger partial charge >= 0.3 is 0 Å². The Morgan fingerprint density at radius 1 is 1.09 bits per heavy atom. The third-order valence-electron chi connectivity index (χ3n) is 3.73. The maximum absolute atomic E-state index is 12.5. The van der Waals surface area contributed by atoms with Gasteiger partial charge in [-0.1, -0.05) is 12.1 Å². The van der Waals surface area contributed by atoms with Crippen molar-refractivity contribution in [2.75, 3.05) is 26.2 Å². The Balaban J connectivity index is 2.05. The predicted molar refractivity (Wildman–Crippen MR) is 92.9 cm³/mol. The fourth-order valence-electron chi connectivity index (χ4n) is 2.52. The number of benzene rings is 1. The topological polar surface area (TPSA) is 73.8 Å². The van der Waals surface area contributed by atoms with Gasteiger partial charge in [-0.2, -0.15) is 4.31 Å². The van der Waals surface area contributed by atoms with Gasteiger partial charge in [0.2, 0.25) is 10.0 Å². The molecule has 0 atom stereocenters. The maximum atomic E-state index is 12.5. The Morgan fingerprint density at radius 2 is 1.65 bits per heavy atom. The second kappa shape index (κ2) is 8.31. The Hall–Kier alpha value is -1.60. The summed E-state index contributed by atoms with van der Waals surface area (Å²) in [6.07, 6.45) is 1.90. The molecule has 0 aliphatic carbocycles. The number of hydrogen-bond donors (Lipinski definition) is 2. The number of nitrogens with zero attached hydrogens (tertiary/aromatic N) is 2. The molecule has 0 amide bonds. The van der Waals surface area contributed by atoms with E-state index in [4.69, 9.17) is 0 Å². The van der Waals surface area contributed by atoms with E-state index in [0.29, 0.717) is 24.5 Å². The summed E-state index contributed by atoms with van der Waals surface area (Å²) in [5, 5.41) is 6.33. The maximum Gasteiger partial charge on any atom is 0.243 e. The van der Waals surface area contributed by atoms with Crippen molar-refractivity contribution in [2.24, 2.45) is 4.99 Å². The predicted octanol–water partition coefficient (Wildman–Crippen LogP) is 1.55. The molecule has 1 aromatic carbocycles.